The van der Waals surface area contributed by atoms with E-state index in [1.165, 1.54) is 0 Å². The summed E-state index contributed by atoms with van der Waals surface area (Å²) in [7, 11) is 3.68. The lowest BCUT2D eigenvalue weighted by molar-refractivity contribution is 0.0916. The summed E-state index contributed by atoms with van der Waals surface area (Å²) in [5.74, 6) is 0.558. The number of amides is 1. The van der Waals surface area contributed by atoms with Crippen LogP contribution < -0.4 is 10.1 Å². The molecule has 0 saturated carbocycles. The van der Waals surface area contributed by atoms with Gasteiger partial charge in [-0.1, -0.05) is 0 Å². The molecule has 1 aromatic carbocycles. The van der Waals surface area contributed by atoms with Crippen molar-refractivity contribution in [3.63, 3.8) is 0 Å². The number of piperidine rings is 1. The van der Waals surface area contributed by atoms with Gasteiger partial charge in [-0.25, -0.2) is 0 Å². The van der Waals surface area contributed by atoms with Gasteiger partial charge in [0.1, 0.15) is 5.75 Å². The van der Waals surface area contributed by atoms with Gasteiger partial charge in [-0.15, -0.1) is 0 Å². The van der Waals surface area contributed by atoms with E-state index in [9.17, 15) is 4.79 Å². The van der Waals surface area contributed by atoms with Gasteiger partial charge in [0.25, 0.3) is 5.91 Å². The monoisotopic (exact) mass is 247 g/mol. The Bertz CT molecular complexity index is 412. The molecule has 1 amide bonds. The van der Waals surface area contributed by atoms with E-state index in [1.54, 1.807) is 25.3 Å². The average Bonchev–Trinajstić information content (AvgIpc) is 2.41. The first-order valence-electron chi connectivity index (χ1n) is 6.24. The smallest absolute Gasteiger partial charge is 0.251 e. The number of likely N-dealkylation sites (tertiary alicyclic amines) is 1. The van der Waals surface area contributed by atoms with Crippen LogP contribution >= 0.6 is 0 Å². The van der Waals surface area contributed by atoms with Crippen LogP contribution in [0.4, 0.5) is 0 Å². The second-order valence-electron chi connectivity index (χ2n) is 4.70. The third-order valence-electron chi connectivity index (χ3n) is 3.31. The first-order valence-corrected chi connectivity index (χ1v) is 6.24. The van der Waals surface area contributed by atoms with Gasteiger partial charge in [0.15, 0.2) is 0 Å². The van der Waals surface area contributed by atoms with E-state index in [0.29, 0.717) is 11.3 Å². The van der Waals surface area contributed by atoms with Gasteiger partial charge in [0, 0.05) is 17.7 Å². The van der Waals surface area contributed by atoms with E-state index in [-0.39, 0.29) is 11.9 Å². The number of rotatable bonds is 3. The lowest BCUT2D eigenvalue weighted by Crippen LogP contribution is -2.43. The van der Waals surface area contributed by atoms with Crippen molar-refractivity contribution in [3.05, 3.63) is 29.8 Å². The van der Waals surface area contributed by atoms with Gasteiger partial charge < -0.3 is 15.0 Å². The molecule has 18 heavy (non-hydrogen) atoms. The molecule has 0 bridgehead atoms. The molecular weight excluding hydrogens is 228 g/mol. The van der Waals surface area contributed by atoms with Gasteiger partial charge >= 0.3 is 0 Å². The van der Waals surface area contributed by atoms with E-state index >= 15 is 0 Å². The Morgan fingerprint density at radius 3 is 2.89 bits per heavy atom. The van der Waals surface area contributed by atoms with Gasteiger partial charge in [-0.05, 0) is 51.2 Å². The predicted molar refractivity (Wildman–Crippen MR) is 69.8 cm³/mol. The molecule has 2 rings (SSSR count). The lowest BCUT2D eigenvalue weighted by Gasteiger charge is -2.29. The molecule has 0 atom stereocenters. The molecule has 1 aromatic rings. The molecule has 1 saturated heterocycles. The summed E-state index contributed by atoms with van der Waals surface area (Å²) in [5, 5.41) is 3.07. The predicted octanol–water partition coefficient (Wildman–Crippen LogP) is 1.32. The largest absolute Gasteiger partial charge is 0.496 e. The fourth-order valence-corrected chi connectivity index (χ4v) is 2.13. The van der Waals surface area contributed by atoms with Gasteiger partial charge in [0.05, 0.1) is 7.11 Å². The van der Waals surface area contributed by atoms with E-state index in [4.69, 9.17) is 4.74 Å². The summed E-state index contributed by atoms with van der Waals surface area (Å²) in [6.45, 7) is 2.08. The van der Waals surface area contributed by atoms with Crippen molar-refractivity contribution >= 4 is 5.91 Å². The van der Waals surface area contributed by atoms with Crippen LogP contribution in [0.3, 0.4) is 0 Å². The van der Waals surface area contributed by atoms with Crippen molar-refractivity contribution < 1.29 is 9.53 Å². The number of hydrogen-bond acceptors (Lipinski definition) is 3. The van der Waals surface area contributed by atoms with E-state index in [0.717, 1.165) is 25.9 Å². The minimum Gasteiger partial charge on any atom is -0.496 e. The highest BCUT2D eigenvalue weighted by Crippen LogP contribution is 2.13. The number of nitrogens with one attached hydrogen (secondary N) is 1. The molecule has 1 heterocycles. The zero-order valence-corrected chi connectivity index (χ0v) is 10.9. The average molecular weight is 247 g/mol. The molecule has 0 aliphatic carbocycles. The minimum atomic E-state index is -0.0307. The highest BCUT2D eigenvalue weighted by Gasteiger charge is 2.19. The Morgan fingerprint density at radius 1 is 1.50 bits per heavy atom. The molecule has 1 radical (unpaired) electrons. The van der Waals surface area contributed by atoms with E-state index < -0.39 is 0 Å². The summed E-state index contributed by atoms with van der Waals surface area (Å²) >= 11 is 0. The topological polar surface area (TPSA) is 41.6 Å². The maximum atomic E-state index is 12.1. The number of methoxy groups -OCH3 is 1. The molecule has 1 N–H and O–H groups in total. The van der Waals surface area contributed by atoms with Crippen molar-refractivity contribution in [2.75, 3.05) is 27.2 Å². The number of nitrogens with zero attached hydrogens (tertiary/aromatic N) is 1. The highest BCUT2D eigenvalue weighted by molar-refractivity contribution is 5.94. The van der Waals surface area contributed by atoms with Crippen LogP contribution in [0.2, 0.25) is 0 Å². The zero-order chi connectivity index (χ0) is 13.0. The standard InChI is InChI=1S/C14H19N2O2/c1-16-8-6-12(7-9-16)15-14(17)11-4-3-5-13(10-11)18-2/h3-4,10,12H,6-9H2,1-2H3,(H,15,17). The van der Waals surface area contributed by atoms with Crippen LogP contribution in [0, 0.1) is 6.07 Å². The second-order valence-corrected chi connectivity index (χ2v) is 4.70. The van der Waals surface area contributed by atoms with Gasteiger partial charge in [0.2, 0.25) is 0 Å². The Kier molecular flexibility index (Phi) is 4.20. The first-order chi connectivity index (χ1) is 8.69. The molecular formula is C14H19N2O2. The quantitative estimate of drug-likeness (QED) is 0.876. The Balaban J connectivity index is 1.94. The fraction of sp³-hybridized carbons (Fsp3) is 0.500. The van der Waals surface area contributed by atoms with E-state index in [2.05, 4.69) is 23.3 Å². The third-order valence-corrected chi connectivity index (χ3v) is 3.31. The molecule has 0 aromatic heterocycles. The van der Waals surface area contributed by atoms with Gasteiger partial charge in [-0.3, -0.25) is 4.79 Å². The SMILES string of the molecule is COc1[c]ccc(C(=O)NC2CCN(C)CC2)c1. The number of carbonyl (C=O) groups is 1. The highest BCUT2D eigenvalue weighted by atomic mass is 16.5. The normalized spacial score (nSPS) is 17.4. The van der Waals surface area contributed by atoms with Crippen LogP contribution in [0.1, 0.15) is 23.2 Å². The Labute approximate surface area is 108 Å². The third kappa shape index (κ3) is 3.23. The molecule has 4 nitrogen and oxygen atoms in total. The van der Waals surface area contributed by atoms with Crippen molar-refractivity contribution in [1.29, 1.82) is 0 Å². The van der Waals surface area contributed by atoms with E-state index in [1.807, 2.05) is 0 Å². The zero-order valence-electron chi connectivity index (χ0n) is 10.9. The van der Waals surface area contributed by atoms with Crippen LogP contribution in [0.5, 0.6) is 5.75 Å². The molecule has 1 aliphatic rings. The van der Waals surface area contributed by atoms with Crippen molar-refractivity contribution in [2.24, 2.45) is 0 Å². The number of ether oxygens (including phenoxy) is 1. The maximum absolute atomic E-state index is 12.1. The fourth-order valence-electron chi connectivity index (χ4n) is 2.13. The number of hydrogen-bond donors (Lipinski definition) is 1. The summed E-state index contributed by atoms with van der Waals surface area (Å²) < 4.78 is 5.07. The number of benzene rings is 1. The molecule has 0 spiro atoms. The van der Waals surface area contributed by atoms with Crippen LogP contribution in [-0.4, -0.2) is 44.1 Å². The summed E-state index contributed by atoms with van der Waals surface area (Å²) in [4.78, 5) is 14.3. The minimum absolute atomic E-state index is 0.0307. The maximum Gasteiger partial charge on any atom is 0.251 e. The summed E-state index contributed by atoms with van der Waals surface area (Å²) in [6, 6.07) is 8.38. The molecule has 4 heteroatoms. The summed E-state index contributed by atoms with van der Waals surface area (Å²) in [5.41, 5.74) is 0.629. The number of carbonyl (C=O) groups excluding carboxylic acids is 1. The molecule has 97 valence electrons. The van der Waals surface area contributed by atoms with Crippen LogP contribution in [-0.2, 0) is 0 Å². The Hall–Kier alpha value is -1.55. The van der Waals surface area contributed by atoms with Gasteiger partial charge in [-0.2, -0.15) is 0 Å². The van der Waals surface area contributed by atoms with Crippen LogP contribution in [0.15, 0.2) is 18.2 Å². The first kappa shape index (κ1) is 12.9. The lowest BCUT2D eigenvalue weighted by atomic mass is 10.0. The molecule has 0 unspecified atom stereocenters. The van der Waals surface area contributed by atoms with Crippen LogP contribution in [0.25, 0.3) is 0 Å². The second kappa shape index (κ2) is 5.87. The van der Waals surface area contributed by atoms with Crippen molar-refractivity contribution in [3.8, 4) is 5.75 Å². The Morgan fingerprint density at radius 2 is 2.22 bits per heavy atom. The molecule has 1 fully saturated rings. The van der Waals surface area contributed by atoms with Crippen molar-refractivity contribution in [2.45, 2.75) is 18.9 Å². The van der Waals surface area contributed by atoms with Crippen molar-refractivity contribution in [1.82, 2.24) is 10.2 Å². The summed E-state index contributed by atoms with van der Waals surface area (Å²) in [6.07, 6.45) is 2.02. The molecule has 1 aliphatic heterocycles.